The van der Waals surface area contributed by atoms with E-state index >= 15 is 0 Å². The SMILES string of the molecule is CC(C)(CNC(=O)OCC1c2ccccc2-c2ccccc21)CC(=O)N1CC(CC(=O)O)C1. The second kappa shape index (κ2) is 9.25. The first-order valence-corrected chi connectivity index (χ1v) is 11.3. The molecule has 0 aromatic heterocycles. The molecule has 2 amide bonds. The zero-order chi connectivity index (χ0) is 23.6. The molecule has 1 heterocycles. The van der Waals surface area contributed by atoms with Crippen molar-refractivity contribution < 1.29 is 24.2 Å². The first kappa shape index (κ1) is 22.8. The third-order valence-electron chi connectivity index (χ3n) is 6.46. The third kappa shape index (κ3) is 5.18. The van der Waals surface area contributed by atoms with Crippen LogP contribution >= 0.6 is 0 Å². The fraction of sp³-hybridized carbons (Fsp3) is 0.423. The summed E-state index contributed by atoms with van der Waals surface area (Å²) in [6.07, 6.45) is -0.129. The van der Waals surface area contributed by atoms with Crippen LogP contribution in [0.3, 0.4) is 0 Å². The summed E-state index contributed by atoms with van der Waals surface area (Å²) >= 11 is 0. The molecule has 33 heavy (non-hydrogen) atoms. The lowest BCUT2D eigenvalue weighted by Gasteiger charge is -2.40. The van der Waals surface area contributed by atoms with Crippen LogP contribution in [-0.2, 0) is 14.3 Å². The number of hydrogen-bond donors (Lipinski definition) is 2. The number of carbonyl (C=O) groups is 3. The average molecular weight is 451 g/mol. The molecule has 2 aliphatic rings. The molecule has 0 radical (unpaired) electrons. The number of amides is 2. The molecule has 7 heteroatoms. The minimum atomic E-state index is -0.834. The fourth-order valence-corrected chi connectivity index (χ4v) is 4.69. The number of fused-ring (bicyclic) bond motifs is 3. The van der Waals surface area contributed by atoms with Gasteiger partial charge < -0.3 is 20.1 Å². The molecule has 174 valence electrons. The number of aliphatic carboxylic acids is 1. The van der Waals surface area contributed by atoms with Crippen molar-refractivity contribution in [1.82, 2.24) is 10.2 Å². The van der Waals surface area contributed by atoms with Gasteiger partial charge in [0.25, 0.3) is 0 Å². The largest absolute Gasteiger partial charge is 0.481 e. The normalized spacial score (nSPS) is 15.4. The lowest BCUT2D eigenvalue weighted by atomic mass is 9.87. The molecule has 0 unspecified atom stereocenters. The molecule has 1 aliphatic heterocycles. The fourth-order valence-electron chi connectivity index (χ4n) is 4.69. The average Bonchev–Trinajstić information content (AvgIpc) is 3.06. The van der Waals surface area contributed by atoms with Gasteiger partial charge in [0.1, 0.15) is 6.61 Å². The molecule has 1 fully saturated rings. The van der Waals surface area contributed by atoms with Gasteiger partial charge in [-0.3, -0.25) is 9.59 Å². The summed E-state index contributed by atoms with van der Waals surface area (Å²) in [6.45, 7) is 5.37. The Labute approximate surface area is 193 Å². The number of benzene rings is 2. The van der Waals surface area contributed by atoms with Crippen molar-refractivity contribution in [1.29, 1.82) is 0 Å². The quantitative estimate of drug-likeness (QED) is 0.636. The number of ether oxygens (including phenoxy) is 1. The summed E-state index contributed by atoms with van der Waals surface area (Å²) in [6, 6.07) is 16.4. The summed E-state index contributed by atoms with van der Waals surface area (Å²) in [5, 5.41) is 11.6. The van der Waals surface area contributed by atoms with E-state index in [-0.39, 0.29) is 37.2 Å². The Bertz CT molecular complexity index is 1010. The summed E-state index contributed by atoms with van der Waals surface area (Å²) in [5.41, 5.74) is 4.23. The van der Waals surface area contributed by atoms with E-state index in [9.17, 15) is 14.4 Å². The van der Waals surface area contributed by atoms with E-state index in [2.05, 4.69) is 29.6 Å². The van der Waals surface area contributed by atoms with Gasteiger partial charge in [-0.05, 0) is 27.7 Å². The highest BCUT2D eigenvalue weighted by Crippen LogP contribution is 2.44. The van der Waals surface area contributed by atoms with Crippen molar-refractivity contribution in [2.24, 2.45) is 11.3 Å². The smallest absolute Gasteiger partial charge is 0.407 e. The number of nitrogens with one attached hydrogen (secondary N) is 1. The molecular weight excluding hydrogens is 420 g/mol. The predicted molar refractivity (Wildman–Crippen MR) is 124 cm³/mol. The molecule has 2 aromatic rings. The number of rotatable bonds is 8. The molecule has 7 nitrogen and oxygen atoms in total. The highest BCUT2D eigenvalue weighted by molar-refractivity contribution is 5.79. The zero-order valence-electron chi connectivity index (χ0n) is 19.0. The Balaban J connectivity index is 1.25. The molecule has 2 N–H and O–H groups in total. The van der Waals surface area contributed by atoms with Gasteiger partial charge >= 0.3 is 12.1 Å². The predicted octanol–water partition coefficient (Wildman–Crippen LogP) is 3.87. The Kier molecular flexibility index (Phi) is 6.40. The van der Waals surface area contributed by atoms with Crippen molar-refractivity contribution >= 4 is 18.0 Å². The van der Waals surface area contributed by atoms with Crippen LogP contribution < -0.4 is 5.32 Å². The van der Waals surface area contributed by atoms with Gasteiger partial charge in [0.2, 0.25) is 5.91 Å². The third-order valence-corrected chi connectivity index (χ3v) is 6.46. The minimum Gasteiger partial charge on any atom is -0.481 e. The van der Waals surface area contributed by atoms with E-state index in [0.717, 1.165) is 11.1 Å². The highest BCUT2D eigenvalue weighted by atomic mass is 16.5. The first-order valence-electron chi connectivity index (χ1n) is 11.3. The Hall–Kier alpha value is -3.35. The van der Waals surface area contributed by atoms with Crippen molar-refractivity contribution in [2.75, 3.05) is 26.2 Å². The Morgan fingerprint density at radius 3 is 2.18 bits per heavy atom. The molecular formula is C26H30N2O5. The van der Waals surface area contributed by atoms with Gasteiger partial charge in [0.05, 0.1) is 6.42 Å². The number of alkyl carbamates (subject to hydrolysis) is 1. The number of carboxylic acid groups (broad SMARTS) is 1. The van der Waals surface area contributed by atoms with Gasteiger partial charge in [0, 0.05) is 37.9 Å². The van der Waals surface area contributed by atoms with Crippen LogP contribution in [0.25, 0.3) is 11.1 Å². The maximum absolute atomic E-state index is 12.5. The van der Waals surface area contributed by atoms with E-state index in [1.165, 1.54) is 11.1 Å². The van der Waals surface area contributed by atoms with Crippen LogP contribution in [0.15, 0.2) is 48.5 Å². The van der Waals surface area contributed by atoms with Gasteiger partial charge in [0.15, 0.2) is 0 Å². The van der Waals surface area contributed by atoms with Crippen molar-refractivity contribution in [3.8, 4) is 11.1 Å². The van der Waals surface area contributed by atoms with Crippen LogP contribution in [0.5, 0.6) is 0 Å². The van der Waals surface area contributed by atoms with E-state index in [1.54, 1.807) is 4.90 Å². The maximum Gasteiger partial charge on any atom is 0.407 e. The minimum absolute atomic E-state index is 0.00269. The molecule has 0 atom stereocenters. The van der Waals surface area contributed by atoms with Crippen LogP contribution in [0.1, 0.15) is 43.7 Å². The Morgan fingerprint density at radius 1 is 1.03 bits per heavy atom. The van der Waals surface area contributed by atoms with Crippen molar-refractivity contribution in [2.45, 2.75) is 32.6 Å². The monoisotopic (exact) mass is 450 g/mol. The van der Waals surface area contributed by atoms with Gasteiger partial charge in [-0.15, -0.1) is 0 Å². The van der Waals surface area contributed by atoms with Gasteiger partial charge in [-0.1, -0.05) is 62.4 Å². The number of nitrogens with zero attached hydrogens (tertiary/aromatic N) is 1. The van der Waals surface area contributed by atoms with E-state index in [1.807, 2.05) is 38.1 Å². The highest BCUT2D eigenvalue weighted by Gasteiger charge is 2.35. The first-order chi connectivity index (χ1) is 15.7. The molecule has 1 aliphatic carbocycles. The van der Waals surface area contributed by atoms with Crippen LogP contribution in [0.2, 0.25) is 0 Å². The summed E-state index contributed by atoms with van der Waals surface area (Å²) < 4.78 is 5.57. The number of carbonyl (C=O) groups excluding carboxylic acids is 2. The molecule has 4 rings (SSSR count). The lowest BCUT2D eigenvalue weighted by molar-refractivity contribution is -0.146. The lowest BCUT2D eigenvalue weighted by Crippen LogP contribution is -2.52. The second-order valence-electron chi connectivity index (χ2n) is 9.78. The maximum atomic E-state index is 12.5. The Morgan fingerprint density at radius 2 is 1.61 bits per heavy atom. The van der Waals surface area contributed by atoms with Crippen molar-refractivity contribution in [3.05, 3.63) is 59.7 Å². The molecule has 0 bridgehead atoms. The molecule has 0 spiro atoms. The number of carboxylic acids is 1. The zero-order valence-corrected chi connectivity index (χ0v) is 19.0. The summed E-state index contributed by atoms with van der Waals surface area (Å²) in [5.74, 6) is -0.813. The number of likely N-dealkylation sites (tertiary alicyclic amines) is 1. The summed E-state index contributed by atoms with van der Waals surface area (Å²) in [7, 11) is 0. The van der Waals surface area contributed by atoms with E-state index in [4.69, 9.17) is 9.84 Å². The van der Waals surface area contributed by atoms with Crippen LogP contribution in [-0.4, -0.2) is 54.2 Å². The number of hydrogen-bond acceptors (Lipinski definition) is 4. The molecule has 0 saturated carbocycles. The van der Waals surface area contributed by atoms with Gasteiger partial charge in [-0.2, -0.15) is 0 Å². The molecule has 1 saturated heterocycles. The molecule has 2 aromatic carbocycles. The topological polar surface area (TPSA) is 95.9 Å². The standard InChI is InChI=1S/C26H30N2O5/c1-26(2,12-23(29)28-13-17(14-28)11-24(30)31)16-27-25(32)33-15-22-20-9-5-3-7-18(20)19-8-4-6-10-21(19)22/h3-10,17,22H,11-16H2,1-2H3,(H,27,32)(H,30,31). The van der Waals surface area contributed by atoms with Crippen LogP contribution in [0, 0.1) is 11.3 Å². The second-order valence-corrected chi connectivity index (χ2v) is 9.78. The van der Waals surface area contributed by atoms with Gasteiger partial charge in [-0.25, -0.2) is 4.79 Å². The summed E-state index contributed by atoms with van der Waals surface area (Å²) in [4.78, 5) is 37.3. The van der Waals surface area contributed by atoms with Crippen LogP contribution in [0.4, 0.5) is 4.79 Å². The van der Waals surface area contributed by atoms with E-state index in [0.29, 0.717) is 19.6 Å². The van der Waals surface area contributed by atoms with E-state index < -0.39 is 17.5 Å². The van der Waals surface area contributed by atoms with Crippen molar-refractivity contribution in [3.63, 3.8) is 0 Å².